The highest BCUT2D eigenvalue weighted by molar-refractivity contribution is 7.09. The zero-order valence-corrected chi connectivity index (χ0v) is 14.8. The fourth-order valence-corrected chi connectivity index (χ4v) is 3.04. The summed E-state index contributed by atoms with van der Waals surface area (Å²) in [5, 5.41) is 14.2. The van der Waals surface area contributed by atoms with Crippen molar-refractivity contribution in [3.05, 3.63) is 34.5 Å². The lowest BCUT2D eigenvalue weighted by Crippen LogP contribution is -2.38. The van der Waals surface area contributed by atoms with Gasteiger partial charge in [-0.25, -0.2) is 4.98 Å². The van der Waals surface area contributed by atoms with Gasteiger partial charge in [-0.1, -0.05) is 0 Å². The first-order valence-corrected chi connectivity index (χ1v) is 8.99. The van der Waals surface area contributed by atoms with Gasteiger partial charge in [0.25, 0.3) is 0 Å². The van der Waals surface area contributed by atoms with Crippen LogP contribution in [0.15, 0.2) is 28.8 Å². The van der Waals surface area contributed by atoms with Crippen LogP contribution in [0.1, 0.15) is 30.0 Å². The molecular weight excluding hydrogens is 308 g/mol. The zero-order valence-electron chi connectivity index (χ0n) is 14.0. The van der Waals surface area contributed by atoms with E-state index in [1.165, 1.54) is 5.01 Å². The number of unbranched alkanes of at least 4 members (excludes halogenated alkanes) is 1. The molecule has 23 heavy (non-hydrogen) atoms. The Morgan fingerprint density at radius 2 is 2.09 bits per heavy atom. The van der Waals surface area contributed by atoms with Crippen LogP contribution in [0.25, 0.3) is 0 Å². The topological polar surface area (TPSA) is 67.1 Å². The minimum atomic E-state index is 0.871. The lowest BCUT2D eigenvalue weighted by atomic mass is 10.2. The number of hydrogen-bond donors (Lipinski definition) is 2. The number of thiazole rings is 1. The molecule has 0 amide bonds. The minimum absolute atomic E-state index is 0.871. The molecule has 2 aromatic rings. The van der Waals surface area contributed by atoms with E-state index in [1.807, 2.05) is 23.9 Å². The molecule has 0 aliphatic rings. The lowest BCUT2D eigenvalue weighted by molar-refractivity contribution is 0.569. The molecule has 6 nitrogen and oxygen atoms in total. The van der Waals surface area contributed by atoms with Crippen LogP contribution in [0.5, 0.6) is 0 Å². The van der Waals surface area contributed by atoms with Crippen molar-refractivity contribution in [2.24, 2.45) is 4.99 Å². The molecule has 0 bridgehead atoms. The monoisotopic (exact) mass is 334 g/mol. The maximum Gasteiger partial charge on any atom is 0.190 e. The van der Waals surface area contributed by atoms with Crippen molar-refractivity contribution in [3.63, 3.8) is 0 Å². The van der Waals surface area contributed by atoms with E-state index in [1.54, 1.807) is 24.6 Å². The third-order valence-electron chi connectivity index (χ3n) is 3.42. The molecule has 0 aliphatic carbocycles. The van der Waals surface area contributed by atoms with E-state index < -0.39 is 0 Å². The lowest BCUT2D eigenvalue weighted by Gasteiger charge is -2.11. The van der Waals surface area contributed by atoms with Gasteiger partial charge in [-0.3, -0.25) is 9.67 Å². The predicted molar refractivity (Wildman–Crippen MR) is 96.0 cm³/mol. The fraction of sp³-hybridized carbons (Fsp3) is 0.562. The Bertz CT molecular complexity index is 575. The normalized spacial score (nSPS) is 11.7. The van der Waals surface area contributed by atoms with Gasteiger partial charge in [-0.05, 0) is 38.7 Å². The van der Waals surface area contributed by atoms with E-state index in [4.69, 9.17) is 0 Å². The third kappa shape index (κ3) is 6.81. The standard InChI is InChI=1S/C16H26N6S/c1-14-13-23-15(21-14)7-3-4-8-18-16(17-2)19-9-5-11-22-12-6-10-20-22/h6,10,12-13H,3-5,7-9,11H2,1-2H3,(H2,17,18,19). The zero-order chi connectivity index (χ0) is 16.3. The molecule has 0 aliphatic heterocycles. The number of aliphatic imine (C=N–C) groups is 1. The molecule has 7 heteroatoms. The van der Waals surface area contributed by atoms with Crippen molar-refractivity contribution in [1.82, 2.24) is 25.4 Å². The SMILES string of the molecule is CN=C(NCCCCc1nc(C)cs1)NCCCn1cccn1. The van der Waals surface area contributed by atoms with Crippen molar-refractivity contribution in [1.29, 1.82) is 0 Å². The van der Waals surface area contributed by atoms with Crippen molar-refractivity contribution < 1.29 is 0 Å². The van der Waals surface area contributed by atoms with Gasteiger partial charge < -0.3 is 10.6 Å². The summed E-state index contributed by atoms with van der Waals surface area (Å²) in [6.45, 7) is 4.79. The second-order valence-corrected chi connectivity index (χ2v) is 6.33. The number of nitrogens with zero attached hydrogens (tertiary/aromatic N) is 4. The second kappa shape index (κ2) is 9.99. The Hall–Kier alpha value is -1.89. The Kier molecular flexibility index (Phi) is 7.59. The Morgan fingerprint density at radius 1 is 1.26 bits per heavy atom. The molecule has 2 N–H and O–H groups in total. The summed E-state index contributed by atoms with van der Waals surface area (Å²) in [5.41, 5.74) is 1.13. The van der Waals surface area contributed by atoms with Gasteiger partial charge in [0.05, 0.1) is 5.01 Å². The van der Waals surface area contributed by atoms with E-state index in [9.17, 15) is 0 Å². The van der Waals surface area contributed by atoms with Gasteiger partial charge in [0.2, 0.25) is 0 Å². The van der Waals surface area contributed by atoms with E-state index >= 15 is 0 Å². The first-order valence-electron chi connectivity index (χ1n) is 8.11. The largest absolute Gasteiger partial charge is 0.356 e. The van der Waals surface area contributed by atoms with E-state index in [0.717, 1.165) is 57.0 Å². The second-order valence-electron chi connectivity index (χ2n) is 5.39. The summed E-state index contributed by atoms with van der Waals surface area (Å²) in [5.74, 6) is 0.871. The third-order valence-corrected chi connectivity index (χ3v) is 4.44. The highest BCUT2D eigenvalue weighted by Crippen LogP contribution is 2.11. The summed E-state index contributed by atoms with van der Waals surface area (Å²) < 4.78 is 1.94. The van der Waals surface area contributed by atoms with Crippen LogP contribution in [-0.4, -0.2) is 40.9 Å². The first-order chi connectivity index (χ1) is 11.3. The van der Waals surface area contributed by atoms with Gasteiger partial charge in [0.15, 0.2) is 5.96 Å². The number of aromatic nitrogens is 3. The molecule has 0 unspecified atom stereocenters. The highest BCUT2D eigenvalue weighted by atomic mass is 32.1. The molecule has 0 fully saturated rings. The van der Waals surface area contributed by atoms with Gasteiger partial charge in [0.1, 0.15) is 0 Å². The minimum Gasteiger partial charge on any atom is -0.356 e. The van der Waals surface area contributed by atoms with Crippen LogP contribution in [-0.2, 0) is 13.0 Å². The average Bonchev–Trinajstić information content (AvgIpc) is 3.20. The predicted octanol–water partition coefficient (Wildman–Crippen LogP) is 2.23. The number of aryl methyl sites for hydroxylation is 3. The summed E-state index contributed by atoms with van der Waals surface area (Å²) in [4.78, 5) is 8.73. The molecule has 0 spiro atoms. The molecule has 2 rings (SSSR count). The van der Waals surface area contributed by atoms with Gasteiger partial charge in [0, 0.05) is 50.1 Å². The molecule has 2 heterocycles. The number of guanidine groups is 1. The summed E-state index contributed by atoms with van der Waals surface area (Å²) in [7, 11) is 1.81. The maximum atomic E-state index is 4.49. The smallest absolute Gasteiger partial charge is 0.190 e. The first kappa shape index (κ1) is 17.5. The number of nitrogens with one attached hydrogen (secondary N) is 2. The Morgan fingerprint density at radius 3 is 2.74 bits per heavy atom. The molecule has 0 radical (unpaired) electrons. The Labute approximate surface area is 142 Å². The fourth-order valence-electron chi connectivity index (χ4n) is 2.23. The van der Waals surface area contributed by atoms with Crippen LogP contribution in [0.2, 0.25) is 0 Å². The molecule has 0 saturated heterocycles. The average molecular weight is 334 g/mol. The summed E-state index contributed by atoms with van der Waals surface area (Å²) in [6.07, 6.45) is 8.14. The molecular formula is C16H26N6S. The van der Waals surface area contributed by atoms with Crippen LogP contribution >= 0.6 is 11.3 Å². The molecule has 0 aromatic carbocycles. The van der Waals surface area contributed by atoms with Gasteiger partial charge in [-0.15, -0.1) is 11.3 Å². The van der Waals surface area contributed by atoms with Crippen LogP contribution < -0.4 is 10.6 Å². The van der Waals surface area contributed by atoms with E-state index in [0.29, 0.717) is 0 Å². The maximum absolute atomic E-state index is 4.49. The van der Waals surface area contributed by atoms with Crippen LogP contribution in [0, 0.1) is 6.92 Å². The highest BCUT2D eigenvalue weighted by Gasteiger charge is 2.00. The van der Waals surface area contributed by atoms with E-state index in [2.05, 4.69) is 31.1 Å². The van der Waals surface area contributed by atoms with Gasteiger partial charge >= 0.3 is 0 Å². The van der Waals surface area contributed by atoms with Crippen LogP contribution in [0.3, 0.4) is 0 Å². The van der Waals surface area contributed by atoms with Crippen molar-refractivity contribution in [2.45, 2.75) is 39.2 Å². The molecule has 0 atom stereocenters. The van der Waals surface area contributed by atoms with Gasteiger partial charge in [-0.2, -0.15) is 5.10 Å². The molecule has 0 saturated carbocycles. The quantitative estimate of drug-likeness (QED) is 0.419. The number of hydrogen-bond acceptors (Lipinski definition) is 4. The summed E-state index contributed by atoms with van der Waals surface area (Å²) >= 11 is 1.76. The number of rotatable bonds is 9. The van der Waals surface area contributed by atoms with Crippen molar-refractivity contribution >= 4 is 17.3 Å². The Balaban J connectivity index is 1.51. The van der Waals surface area contributed by atoms with Crippen molar-refractivity contribution in [3.8, 4) is 0 Å². The summed E-state index contributed by atoms with van der Waals surface area (Å²) in [6, 6.07) is 1.95. The van der Waals surface area contributed by atoms with Crippen LogP contribution in [0.4, 0.5) is 0 Å². The van der Waals surface area contributed by atoms with Crippen molar-refractivity contribution in [2.75, 3.05) is 20.1 Å². The van der Waals surface area contributed by atoms with E-state index in [-0.39, 0.29) is 0 Å². The molecule has 2 aromatic heterocycles. The molecule has 126 valence electrons.